The van der Waals surface area contributed by atoms with E-state index in [1.165, 1.54) is 5.56 Å². The maximum absolute atomic E-state index is 9.98. The average Bonchev–Trinajstić information content (AvgIpc) is 2.80. The van der Waals surface area contributed by atoms with Crippen molar-refractivity contribution >= 4 is 0 Å². The third-order valence-electron chi connectivity index (χ3n) is 3.61. The zero-order valence-electron chi connectivity index (χ0n) is 10.4. The van der Waals surface area contributed by atoms with Gasteiger partial charge >= 0.3 is 0 Å². The van der Waals surface area contributed by atoms with E-state index in [1.807, 2.05) is 12.1 Å². The largest absolute Gasteiger partial charge is 0.490 e. The van der Waals surface area contributed by atoms with Crippen LogP contribution >= 0.6 is 0 Å². The molecule has 0 saturated carbocycles. The summed E-state index contributed by atoms with van der Waals surface area (Å²) in [6, 6.07) is 5.99. The Labute approximate surface area is 107 Å². The van der Waals surface area contributed by atoms with E-state index < -0.39 is 0 Å². The minimum absolute atomic E-state index is 0.105. The van der Waals surface area contributed by atoms with Crippen LogP contribution in [0.2, 0.25) is 0 Å². The van der Waals surface area contributed by atoms with Crippen molar-refractivity contribution in [2.75, 3.05) is 26.3 Å². The van der Waals surface area contributed by atoms with Crippen molar-refractivity contribution < 1.29 is 14.6 Å². The molecule has 1 saturated heterocycles. The molecule has 2 aliphatic rings. The van der Waals surface area contributed by atoms with Crippen LogP contribution in [0.5, 0.6) is 5.75 Å². The Balaban J connectivity index is 1.67. The van der Waals surface area contributed by atoms with Gasteiger partial charge in [0.05, 0.1) is 12.7 Å². The molecule has 2 unspecified atom stereocenters. The van der Waals surface area contributed by atoms with Crippen LogP contribution in [0.1, 0.15) is 23.7 Å². The lowest BCUT2D eigenvalue weighted by atomic mass is 10.1. The van der Waals surface area contributed by atoms with Crippen molar-refractivity contribution in [3.05, 3.63) is 29.3 Å². The van der Waals surface area contributed by atoms with Crippen molar-refractivity contribution in [2.24, 2.45) is 0 Å². The topological polar surface area (TPSA) is 50.7 Å². The van der Waals surface area contributed by atoms with E-state index in [9.17, 15) is 5.11 Å². The highest BCUT2D eigenvalue weighted by Gasteiger charge is 2.24. The molecule has 98 valence electrons. The zero-order chi connectivity index (χ0) is 12.4. The van der Waals surface area contributed by atoms with E-state index in [-0.39, 0.29) is 12.2 Å². The van der Waals surface area contributed by atoms with Crippen LogP contribution in [-0.2, 0) is 11.2 Å². The van der Waals surface area contributed by atoms with Gasteiger partial charge in [-0.25, -0.2) is 0 Å². The lowest BCUT2D eigenvalue weighted by molar-refractivity contribution is -0.000424. The van der Waals surface area contributed by atoms with Crippen LogP contribution in [0.25, 0.3) is 0 Å². The summed E-state index contributed by atoms with van der Waals surface area (Å²) in [4.78, 5) is 0. The molecule has 0 radical (unpaired) electrons. The first kappa shape index (κ1) is 12.0. The third kappa shape index (κ3) is 2.36. The summed E-state index contributed by atoms with van der Waals surface area (Å²) in [5, 5.41) is 13.3. The highest BCUT2D eigenvalue weighted by atomic mass is 16.5. The Morgan fingerprint density at radius 2 is 2.39 bits per heavy atom. The first-order valence-electron chi connectivity index (χ1n) is 6.59. The molecule has 2 atom stereocenters. The van der Waals surface area contributed by atoms with Crippen molar-refractivity contribution in [3.63, 3.8) is 0 Å². The van der Waals surface area contributed by atoms with Gasteiger partial charge in [-0.3, -0.25) is 0 Å². The van der Waals surface area contributed by atoms with Gasteiger partial charge in [0.25, 0.3) is 0 Å². The summed E-state index contributed by atoms with van der Waals surface area (Å²) in [5.74, 6) is 0.812. The highest BCUT2D eigenvalue weighted by Crippen LogP contribution is 2.37. The van der Waals surface area contributed by atoms with E-state index in [0.29, 0.717) is 6.61 Å². The Bertz CT molecular complexity index is 416. The van der Waals surface area contributed by atoms with Crippen LogP contribution in [0.4, 0.5) is 0 Å². The average molecular weight is 249 g/mol. The fourth-order valence-corrected chi connectivity index (χ4v) is 2.66. The van der Waals surface area contributed by atoms with Gasteiger partial charge in [-0.15, -0.1) is 0 Å². The molecule has 1 fully saturated rings. The van der Waals surface area contributed by atoms with Gasteiger partial charge in [0.1, 0.15) is 18.5 Å². The molecule has 0 amide bonds. The standard InChI is InChI=1S/C14H19NO3/c16-12-5-4-10-2-1-3-13(14(10)12)18-9-11-8-15-6-7-17-11/h1-3,11-12,15-16H,4-9H2. The lowest BCUT2D eigenvalue weighted by Gasteiger charge is -2.24. The van der Waals surface area contributed by atoms with E-state index in [1.54, 1.807) is 0 Å². The molecular weight excluding hydrogens is 230 g/mol. The maximum atomic E-state index is 9.98. The van der Waals surface area contributed by atoms with Crippen LogP contribution in [0.3, 0.4) is 0 Å². The number of nitrogens with one attached hydrogen (secondary N) is 1. The Morgan fingerprint density at radius 1 is 1.44 bits per heavy atom. The van der Waals surface area contributed by atoms with Crippen LogP contribution < -0.4 is 10.1 Å². The number of fused-ring (bicyclic) bond motifs is 1. The number of benzene rings is 1. The number of hydrogen-bond donors (Lipinski definition) is 2. The summed E-state index contributed by atoms with van der Waals surface area (Å²) < 4.78 is 11.4. The van der Waals surface area contributed by atoms with Crippen molar-refractivity contribution in [1.82, 2.24) is 5.32 Å². The molecule has 1 aliphatic heterocycles. The van der Waals surface area contributed by atoms with Gasteiger partial charge in [-0.05, 0) is 24.5 Å². The van der Waals surface area contributed by atoms with Crippen molar-refractivity contribution in [3.8, 4) is 5.75 Å². The van der Waals surface area contributed by atoms with Crippen LogP contribution in [-0.4, -0.2) is 37.5 Å². The van der Waals surface area contributed by atoms with Crippen LogP contribution in [0.15, 0.2) is 18.2 Å². The van der Waals surface area contributed by atoms with E-state index in [4.69, 9.17) is 9.47 Å². The van der Waals surface area contributed by atoms with Gasteiger partial charge < -0.3 is 19.9 Å². The first-order chi connectivity index (χ1) is 8.84. The second kappa shape index (κ2) is 5.26. The number of aliphatic hydroxyl groups excluding tert-OH is 1. The number of aryl methyl sites for hydroxylation is 1. The number of ether oxygens (including phenoxy) is 2. The van der Waals surface area contributed by atoms with E-state index >= 15 is 0 Å². The summed E-state index contributed by atoms with van der Waals surface area (Å²) in [7, 11) is 0. The zero-order valence-corrected chi connectivity index (χ0v) is 10.4. The molecule has 1 heterocycles. The third-order valence-corrected chi connectivity index (χ3v) is 3.61. The minimum atomic E-state index is -0.374. The molecule has 1 aliphatic carbocycles. The summed E-state index contributed by atoms with van der Waals surface area (Å²) >= 11 is 0. The summed E-state index contributed by atoms with van der Waals surface area (Å²) in [5.41, 5.74) is 2.18. The molecule has 0 aromatic heterocycles. The fraction of sp³-hybridized carbons (Fsp3) is 0.571. The fourth-order valence-electron chi connectivity index (χ4n) is 2.66. The molecule has 4 nitrogen and oxygen atoms in total. The molecular formula is C14H19NO3. The predicted octanol–water partition coefficient (Wildman–Crippen LogP) is 1.03. The minimum Gasteiger partial charge on any atom is -0.490 e. The van der Waals surface area contributed by atoms with Crippen molar-refractivity contribution in [2.45, 2.75) is 25.0 Å². The van der Waals surface area contributed by atoms with Crippen molar-refractivity contribution in [1.29, 1.82) is 0 Å². The molecule has 1 aromatic rings. The van der Waals surface area contributed by atoms with E-state index in [0.717, 1.165) is 43.9 Å². The predicted molar refractivity (Wildman–Crippen MR) is 67.8 cm³/mol. The molecule has 4 heteroatoms. The van der Waals surface area contributed by atoms with Gasteiger partial charge in [0.2, 0.25) is 0 Å². The van der Waals surface area contributed by atoms with Gasteiger partial charge in [-0.2, -0.15) is 0 Å². The first-order valence-corrected chi connectivity index (χ1v) is 6.59. The molecule has 0 spiro atoms. The van der Waals surface area contributed by atoms with Gasteiger partial charge in [-0.1, -0.05) is 12.1 Å². The molecule has 1 aromatic carbocycles. The quantitative estimate of drug-likeness (QED) is 0.840. The normalized spacial score (nSPS) is 26.9. The Hall–Kier alpha value is -1.10. The molecule has 18 heavy (non-hydrogen) atoms. The van der Waals surface area contributed by atoms with Gasteiger partial charge in [0, 0.05) is 18.7 Å². The Morgan fingerprint density at radius 3 is 3.22 bits per heavy atom. The van der Waals surface area contributed by atoms with E-state index in [2.05, 4.69) is 11.4 Å². The number of rotatable bonds is 3. The molecule has 0 bridgehead atoms. The summed E-state index contributed by atoms with van der Waals surface area (Å²) in [6.45, 7) is 3.02. The SMILES string of the molecule is OC1CCc2cccc(OCC3CNCCO3)c21. The molecule has 3 rings (SSSR count). The monoisotopic (exact) mass is 249 g/mol. The number of aliphatic hydroxyl groups is 1. The number of hydrogen-bond acceptors (Lipinski definition) is 4. The lowest BCUT2D eigenvalue weighted by Crippen LogP contribution is -2.41. The smallest absolute Gasteiger partial charge is 0.125 e. The summed E-state index contributed by atoms with van der Waals surface area (Å²) in [6.07, 6.45) is 1.47. The molecule has 2 N–H and O–H groups in total. The maximum Gasteiger partial charge on any atom is 0.125 e. The second-order valence-corrected chi connectivity index (χ2v) is 4.89. The van der Waals surface area contributed by atoms with Crippen LogP contribution in [0, 0.1) is 0 Å². The Kier molecular flexibility index (Phi) is 3.50. The second-order valence-electron chi connectivity index (χ2n) is 4.89. The number of morpholine rings is 1. The highest BCUT2D eigenvalue weighted by molar-refractivity contribution is 5.44. The van der Waals surface area contributed by atoms with Gasteiger partial charge in [0.15, 0.2) is 0 Å².